The number of carbonyl (C=O) groups is 1. The second-order valence-corrected chi connectivity index (χ2v) is 5.77. The van der Waals surface area contributed by atoms with Crippen molar-refractivity contribution >= 4 is 34.8 Å². The normalized spacial score (nSPS) is 12.0. The highest BCUT2D eigenvalue weighted by atomic mass is 35.5. The highest BCUT2D eigenvalue weighted by Crippen LogP contribution is 2.25. The van der Waals surface area contributed by atoms with E-state index in [1.165, 1.54) is 5.56 Å². The maximum absolute atomic E-state index is 12.0. The summed E-state index contributed by atoms with van der Waals surface area (Å²) in [5.41, 5.74) is 1.73. The van der Waals surface area contributed by atoms with Gasteiger partial charge in [0.15, 0.2) is 0 Å². The van der Waals surface area contributed by atoms with E-state index in [0.29, 0.717) is 15.7 Å². The van der Waals surface area contributed by atoms with Gasteiger partial charge in [-0.15, -0.1) is 0 Å². The zero-order chi connectivity index (χ0) is 15.9. The molecule has 0 fully saturated rings. The summed E-state index contributed by atoms with van der Waals surface area (Å²) >= 11 is 11.9. The molecule has 3 nitrogen and oxygen atoms in total. The van der Waals surface area contributed by atoms with E-state index >= 15 is 0 Å². The maximum atomic E-state index is 12.0. The summed E-state index contributed by atoms with van der Waals surface area (Å²) in [5.74, 6) is -0.140. The van der Waals surface area contributed by atoms with Gasteiger partial charge in [0.25, 0.3) is 0 Å². The van der Waals surface area contributed by atoms with Gasteiger partial charge in [-0.25, -0.2) is 0 Å². The third-order valence-electron chi connectivity index (χ3n) is 3.32. The number of benzene rings is 2. The summed E-state index contributed by atoms with van der Waals surface area (Å²) in [4.78, 5) is 12.0. The van der Waals surface area contributed by atoms with Crippen LogP contribution in [-0.4, -0.2) is 12.5 Å². The van der Waals surface area contributed by atoms with Crippen LogP contribution in [0.15, 0.2) is 48.5 Å². The third-order valence-corrected chi connectivity index (χ3v) is 3.87. The second kappa shape index (κ2) is 8.18. The maximum Gasteiger partial charge on any atom is 0.238 e. The summed E-state index contributed by atoms with van der Waals surface area (Å²) in [6.45, 7) is 2.30. The van der Waals surface area contributed by atoms with Gasteiger partial charge in [-0.05, 0) is 30.2 Å². The molecule has 0 bridgehead atoms. The van der Waals surface area contributed by atoms with Crippen LogP contribution in [0.2, 0.25) is 10.0 Å². The molecule has 2 N–H and O–H groups in total. The van der Waals surface area contributed by atoms with E-state index in [0.717, 1.165) is 6.42 Å². The number of carbonyl (C=O) groups excluding carboxylic acids is 1. The lowest BCUT2D eigenvalue weighted by atomic mass is 10.0. The molecule has 2 rings (SSSR count). The Morgan fingerprint density at radius 2 is 1.86 bits per heavy atom. The van der Waals surface area contributed by atoms with Crippen LogP contribution in [0.1, 0.15) is 24.9 Å². The van der Waals surface area contributed by atoms with Crippen molar-refractivity contribution in [1.82, 2.24) is 5.32 Å². The van der Waals surface area contributed by atoms with Crippen LogP contribution in [0.5, 0.6) is 0 Å². The van der Waals surface area contributed by atoms with Gasteiger partial charge in [0.2, 0.25) is 5.91 Å². The quantitative estimate of drug-likeness (QED) is 0.804. The van der Waals surface area contributed by atoms with Gasteiger partial charge in [0.05, 0.1) is 17.3 Å². The molecule has 0 heterocycles. The fourth-order valence-corrected chi connectivity index (χ4v) is 2.64. The smallest absolute Gasteiger partial charge is 0.238 e. The van der Waals surface area contributed by atoms with Crippen LogP contribution in [0.3, 0.4) is 0 Å². The van der Waals surface area contributed by atoms with Crippen molar-refractivity contribution in [2.75, 3.05) is 11.9 Å². The molecule has 0 aromatic heterocycles. The van der Waals surface area contributed by atoms with E-state index in [1.807, 2.05) is 18.2 Å². The van der Waals surface area contributed by atoms with Crippen molar-refractivity contribution in [2.45, 2.75) is 19.4 Å². The van der Waals surface area contributed by atoms with Gasteiger partial charge in [0, 0.05) is 11.1 Å². The first-order valence-corrected chi connectivity index (χ1v) is 7.89. The van der Waals surface area contributed by atoms with E-state index in [1.54, 1.807) is 18.2 Å². The molecule has 0 radical (unpaired) electrons. The Balaban J connectivity index is 1.92. The Kier molecular flexibility index (Phi) is 6.25. The number of hydrogen-bond donors (Lipinski definition) is 2. The number of nitrogens with one attached hydrogen (secondary N) is 2. The van der Waals surface area contributed by atoms with Crippen molar-refractivity contribution in [1.29, 1.82) is 0 Å². The molecule has 0 aliphatic heterocycles. The van der Waals surface area contributed by atoms with Crippen LogP contribution in [0.25, 0.3) is 0 Å². The van der Waals surface area contributed by atoms with Gasteiger partial charge in [-0.3, -0.25) is 4.79 Å². The number of hydrogen-bond acceptors (Lipinski definition) is 2. The molecule has 0 spiro atoms. The number of halogens is 2. The molecule has 1 atom stereocenters. The lowest BCUT2D eigenvalue weighted by molar-refractivity contribution is -0.115. The minimum atomic E-state index is -0.140. The first-order valence-electron chi connectivity index (χ1n) is 7.13. The van der Waals surface area contributed by atoms with Gasteiger partial charge < -0.3 is 10.6 Å². The molecule has 0 aliphatic carbocycles. The Bertz CT molecular complexity index is 632. The monoisotopic (exact) mass is 336 g/mol. The third kappa shape index (κ3) is 4.73. The molecule has 0 aliphatic rings. The standard InChI is InChI=1S/C17H18Cl2N2O/c1-2-15(12-6-4-3-5-7-12)20-11-17(22)21-16-9-8-13(18)10-14(16)19/h3-10,15,20H,2,11H2,1H3,(H,21,22). The summed E-state index contributed by atoms with van der Waals surface area (Å²) < 4.78 is 0. The Morgan fingerprint density at radius 3 is 2.50 bits per heavy atom. The molecule has 1 unspecified atom stereocenters. The number of amides is 1. The Labute approximate surface area is 140 Å². The first kappa shape index (κ1) is 16.8. The number of rotatable bonds is 6. The Morgan fingerprint density at radius 1 is 1.14 bits per heavy atom. The van der Waals surface area contributed by atoms with E-state index in [-0.39, 0.29) is 18.5 Å². The fourth-order valence-electron chi connectivity index (χ4n) is 2.18. The summed E-state index contributed by atoms with van der Waals surface area (Å²) in [6.07, 6.45) is 0.902. The van der Waals surface area contributed by atoms with Gasteiger partial charge in [-0.2, -0.15) is 0 Å². The fraction of sp³-hybridized carbons (Fsp3) is 0.235. The molecule has 0 saturated carbocycles. The van der Waals surface area contributed by atoms with Crippen molar-refractivity contribution in [3.05, 3.63) is 64.1 Å². The predicted octanol–water partition coefficient (Wildman–Crippen LogP) is 4.67. The summed E-state index contributed by atoms with van der Waals surface area (Å²) in [5, 5.41) is 7.00. The minimum absolute atomic E-state index is 0.140. The van der Waals surface area contributed by atoms with Crippen molar-refractivity contribution in [3.8, 4) is 0 Å². The van der Waals surface area contributed by atoms with Crippen LogP contribution in [0, 0.1) is 0 Å². The van der Waals surface area contributed by atoms with E-state index in [4.69, 9.17) is 23.2 Å². The molecule has 1 amide bonds. The largest absolute Gasteiger partial charge is 0.324 e. The molecule has 0 saturated heterocycles. The van der Waals surface area contributed by atoms with Crippen molar-refractivity contribution in [2.24, 2.45) is 0 Å². The van der Waals surface area contributed by atoms with Crippen LogP contribution >= 0.6 is 23.2 Å². The lowest BCUT2D eigenvalue weighted by Crippen LogP contribution is -2.31. The first-order chi connectivity index (χ1) is 10.6. The molecule has 2 aromatic rings. The highest BCUT2D eigenvalue weighted by molar-refractivity contribution is 6.36. The molecule has 22 heavy (non-hydrogen) atoms. The van der Waals surface area contributed by atoms with Crippen LogP contribution in [0.4, 0.5) is 5.69 Å². The molecular formula is C17H18Cl2N2O. The SMILES string of the molecule is CCC(NCC(=O)Nc1ccc(Cl)cc1Cl)c1ccccc1. The summed E-state index contributed by atoms with van der Waals surface area (Å²) in [6, 6.07) is 15.2. The predicted molar refractivity (Wildman–Crippen MR) is 92.6 cm³/mol. The topological polar surface area (TPSA) is 41.1 Å². The van der Waals surface area contributed by atoms with Crippen molar-refractivity contribution < 1.29 is 4.79 Å². The Hall–Kier alpha value is -1.55. The zero-order valence-electron chi connectivity index (χ0n) is 12.3. The van der Waals surface area contributed by atoms with E-state index < -0.39 is 0 Å². The summed E-state index contributed by atoms with van der Waals surface area (Å²) in [7, 11) is 0. The molecule has 2 aromatic carbocycles. The van der Waals surface area contributed by atoms with Gasteiger partial charge in [-0.1, -0.05) is 60.5 Å². The van der Waals surface area contributed by atoms with E-state index in [2.05, 4.69) is 29.7 Å². The average molecular weight is 337 g/mol. The van der Waals surface area contributed by atoms with Crippen LogP contribution in [-0.2, 0) is 4.79 Å². The molecule has 116 valence electrons. The van der Waals surface area contributed by atoms with Crippen LogP contribution < -0.4 is 10.6 Å². The minimum Gasteiger partial charge on any atom is -0.324 e. The number of anilines is 1. The van der Waals surface area contributed by atoms with Crippen molar-refractivity contribution in [3.63, 3.8) is 0 Å². The molecule has 5 heteroatoms. The van der Waals surface area contributed by atoms with Gasteiger partial charge in [0.1, 0.15) is 0 Å². The highest BCUT2D eigenvalue weighted by Gasteiger charge is 2.11. The van der Waals surface area contributed by atoms with E-state index in [9.17, 15) is 4.79 Å². The van der Waals surface area contributed by atoms with Gasteiger partial charge >= 0.3 is 0 Å². The average Bonchev–Trinajstić information content (AvgIpc) is 2.52. The lowest BCUT2D eigenvalue weighted by Gasteiger charge is -2.17. The zero-order valence-corrected chi connectivity index (χ0v) is 13.8. The molecular weight excluding hydrogens is 319 g/mol. The second-order valence-electron chi connectivity index (χ2n) is 4.92.